The maximum Gasteiger partial charge on any atom is 0.256 e. The molecule has 326 valence electrons. The highest BCUT2D eigenvalue weighted by molar-refractivity contribution is 7.02. The third-order valence-corrected chi connectivity index (χ3v) is 15.0. The van der Waals surface area contributed by atoms with Gasteiger partial charge in [0.05, 0.1) is 0 Å². The van der Waals surface area contributed by atoms with E-state index < -0.39 is 0 Å². The largest absolute Gasteiger partial charge is 0.458 e. The highest BCUT2D eigenvalue weighted by Crippen LogP contribution is 2.47. The molecule has 4 heterocycles. The molecular weight excluding hydrogens is 826 g/mol. The van der Waals surface area contributed by atoms with Crippen LogP contribution in [-0.4, -0.2) is 13.4 Å². The lowest BCUT2D eigenvalue weighted by Crippen LogP contribution is -2.63. The van der Waals surface area contributed by atoms with Crippen molar-refractivity contribution in [3.05, 3.63) is 202 Å². The van der Waals surface area contributed by atoms with Gasteiger partial charge in [-0.2, -0.15) is 0 Å². The first kappa shape index (κ1) is 40.6. The van der Waals surface area contributed by atoms with Crippen molar-refractivity contribution in [3.8, 4) is 45.3 Å². The number of hydrogen-bond donors (Lipinski definition) is 0. The summed E-state index contributed by atoms with van der Waals surface area (Å²) in [7, 11) is 0. The second-order valence-electron chi connectivity index (χ2n) is 19.9. The highest BCUT2D eigenvalue weighted by Gasteiger charge is 2.47. The Morgan fingerprint density at radius 3 is 1.37 bits per heavy atom. The average molecular weight is 877 g/mol. The third-order valence-electron chi connectivity index (χ3n) is 15.0. The van der Waals surface area contributed by atoms with E-state index in [4.69, 9.17) is 9.47 Å². The molecule has 0 fully saturated rings. The first-order valence-electron chi connectivity index (χ1n) is 24.0. The van der Waals surface area contributed by atoms with Crippen LogP contribution in [0, 0.1) is 55.4 Å². The van der Waals surface area contributed by atoms with Crippen molar-refractivity contribution in [3.63, 3.8) is 0 Å². The molecule has 4 nitrogen and oxygen atoms in total. The van der Waals surface area contributed by atoms with Crippen molar-refractivity contribution in [1.82, 2.24) is 0 Å². The standard InChI is InChI=1S/C62H50B2N2O2/c1-35-12-19-45(20-13-35)65-52-25-18-39(5)28-49(52)63-50-33-51-57(34-56(50)67-58-31-43(29-54(65)61(58)63)47-23-16-37(3)26-41(47)7)68-59-32-44(48-24-17-38(4)27-42(48)8)30-55-62(59)64(51)60-40(6)10-9-11-53(60)66(55)46-21-14-36(2)15-22-46/h9-34H,1-8H3. The van der Waals surface area contributed by atoms with Gasteiger partial charge in [0.1, 0.15) is 23.0 Å². The lowest BCUT2D eigenvalue weighted by Gasteiger charge is -2.43. The minimum Gasteiger partial charge on any atom is -0.458 e. The van der Waals surface area contributed by atoms with Gasteiger partial charge in [0, 0.05) is 40.2 Å². The third kappa shape index (κ3) is 6.09. The summed E-state index contributed by atoms with van der Waals surface area (Å²) in [6, 6.07) is 59.2. The lowest BCUT2D eigenvalue weighted by molar-refractivity contribution is 0.466. The molecule has 0 unspecified atom stereocenters. The number of rotatable bonds is 4. The second-order valence-corrected chi connectivity index (χ2v) is 19.9. The van der Waals surface area contributed by atoms with Crippen LogP contribution in [0.1, 0.15) is 44.5 Å². The van der Waals surface area contributed by atoms with E-state index in [0.29, 0.717) is 0 Å². The van der Waals surface area contributed by atoms with Gasteiger partial charge in [0.2, 0.25) is 0 Å². The van der Waals surface area contributed by atoms with E-state index in [-0.39, 0.29) is 13.4 Å². The number of nitrogens with zero attached hydrogens (tertiary/aromatic N) is 2. The molecule has 0 saturated heterocycles. The van der Waals surface area contributed by atoms with Crippen LogP contribution in [0.3, 0.4) is 0 Å². The normalized spacial score (nSPS) is 13.4. The zero-order valence-corrected chi connectivity index (χ0v) is 39.9. The Morgan fingerprint density at radius 2 is 0.809 bits per heavy atom. The van der Waals surface area contributed by atoms with Gasteiger partial charge in [-0.25, -0.2) is 0 Å². The van der Waals surface area contributed by atoms with E-state index in [1.807, 2.05) is 0 Å². The first-order chi connectivity index (χ1) is 33.0. The quantitative estimate of drug-likeness (QED) is 0.165. The zero-order valence-electron chi connectivity index (χ0n) is 39.9. The van der Waals surface area contributed by atoms with Gasteiger partial charge in [-0.15, -0.1) is 0 Å². The number of hydrogen-bond acceptors (Lipinski definition) is 4. The van der Waals surface area contributed by atoms with Gasteiger partial charge in [-0.3, -0.25) is 0 Å². The molecule has 0 spiro atoms. The summed E-state index contributed by atoms with van der Waals surface area (Å²) < 4.78 is 14.7. The fourth-order valence-corrected chi connectivity index (χ4v) is 11.9. The van der Waals surface area contributed by atoms with E-state index >= 15 is 0 Å². The predicted octanol–water partition coefficient (Wildman–Crippen LogP) is 12.3. The van der Waals surface area contributed by atoms with Crippen LogP contribution < -0.4 is 52.1 Å². The van der Waals surface area contributed by atoms with Crippen LogP contribution in [0.4, 0.5) is 34.1 Å². The molecule has 4 aliphatic heterocycles. The summed E-state index contributed by atoms with van der Waals surface area (Å²) in [5, 5.41) is 0. The molecule has 4 aliphatic rings. The molecule has 0 aliphatic carbocycles. The van der Waals surface area contributed by atoms with Crippen molar-refractivity contribution in [2.75, 3.05) is 9.80 Å². The molecule has 0 bridgehead atoms. The summed E-state index contributed by atoms with van der Waals surface area (Å²) in [5.41, 5.74) is 28.8. The van der Waals surface area contributed by atoms with Gasteiger partial charge in [0.15, 0.2) is 0 Å². The Morgan fingerprint density at radius 1 is 0.324 bits per heavy atom. The molecule has 6 heteroatoms. The number of aryl methyl sites for hydroxylation is 8. The monoisotopic (exact) mass is 876 g/mol. The Bertz CT molecular complexity index is 3630. The Labute approximate surface area is 400 Å². The smallest absolute Gasteiger partial charge is 0.256 e. The van der Waals surface area contributed by atoms with Crippen LogP contribution >= 0.6 is 0 Å². The summed E-state index contributed by atoms with van der Waals surface area (Å²) in [6.45, 7) is 17.4. The van der Waals surface area contributed by atoms with Crippen LogP contribution in [0.25, 0.3) is 22.3 Å². The molecule has 9 aromatic carbocycles. The lowest BCUT2D eigenvalue weighted by atomic mass is 9.30. The van der Waals surface area contributed by atoms with E-state index in [2.05, 4.69) is 223 Å². The summed E-state index contributed by atoms with van der Waals surface area (Å²) >= 11 is 0. The average Bonchev–Trinajstić information content (AvgIpc) is 3.31. The minimum atomic E-state index is -0.0874. The molecule has 0 aromatic heterocycles. The summed E-state index contributed by atoms with van der Waals surface area (Å²) in [4.78, 5) is 4.93. The number of ether oxygens (including phenoxy) is 2. The predicted molar refractivity (Wildman–Crippen MR) is 287 cm³/mol. The van der Waals surface area contributed by atoms with Gasteiger partial charge in [-0.1, -0.05) is 124 Å². The summed E-state index contributed by atoms with van der Waals surface area (Å²) in [5.74, 6) is 3.42. The highest BCUT2D eigenvalue weighted by atomic mass is 16.5. The molecule has 0 atom stereocenters. The molecule has 13 rings (SSSR count). The second kappa shape index (κ2) is 14.9. The number of fused-ring (bicyclic) bond motifs is 8. The van der Waals surface area contributed by atoms with Crippen molar-refractivity contribution in [2.45, 2.75) is 55.4 Å². The SMILES string of the molecule is Cc1ccc(N2c3ccc(C)cc3B3c4cc5c(cc4Oc4cc(-c6ccc(C)cc6C)cc2c43)Oc2cc(-c3ccc(C)cc3C)cc3c2B5c2c(C)cccc2N3c2ccc(C)cc2)cc1. The van der Waals surface area contributed by atoms with Gasteiger partial charge in [-0.05, 0) is 182 Å². The molecule has 0 N–H and O–H groups in total. The van der Waals surface area contributed by atoms with Crippen molar-refractivity contribution in [2.24, 2.45) is 0 Å². The summed E-state index contributed by atoms with van der Waals surface area (Å²) in [6.07, 6.45) is 0. The van der Waals surface area contributed by atoms with E-state index in [9.17, 15) is 0 Å². The van der Waals surface area contributed by atoms with E-state index in [0.717, 1.165) is 67.8 Å². The van der Waals surface area contributed by atoms with E-state index in [1.54, 1.807) is 0 Å². The molecule has 0 saturated carbocycles. The fraction of sp³-hybridized carbons (Fsp3) is 0.129. The van der Waals surface area contributed by atoms with Crippen LogP contribution in [-0.2, 0) is 0 Å². The van der Waals surface area contributed by atoms with E-state index in [1.165, 1.54) is 88.9 Å². The molecule has 68 heavy (non-hydrogen) atoms. The van der Waals surface area contributed by atoms with Crippen LogP contribution in [0.15, 0.2) is 158 Å². The van der Waals surface area contributed by atoms with Crippen molar-refractivity contribution < 1.29 is 9.47 Å². The Hall–Kier alpha value is -7.69. The topological polar surface area (TPSA) is 24.9 Å². The maximum atomic E-state index is 7.35. The van der Waals surface area contributed by atoms with Crippen LogP contribution in [0.2, 0.25) is 0 Å². The van der Waals surface area contributed by atoms with Crippen LogP contribution in [0.5, 0.6) is 23.0 Å². The van der Waals surface area contributed by atoms with Gasteiger partial charge < -0.3 is 19.3 Å². The maximum absolute atomic E-state index is 7.35. The molecule has 0 radical (unpaired) electrons. The minimum absolute atomic E-state index is 0.0857. The van der Waals surface area contributed by atoms with Gasteiger partial charge >= 0.3 is 0 Å². The zero-order chi connectivity index (χ0) is 46.3. The van der Waals surface area contributed by atoms with Crippen molar-refractivity contribution >= 4 is 80.3 Å². The van der Waals surface area contributed by atoms with Crippen molar-refractivity contribution in [1.29, 1.82) is 0 Å². The first-order valence-corrected chi connectivity index (χ1v) is 24.0. The number of anilines is 6. The van der Waals surface area contributed by atoms with Gasteiger partial charge in [0.25, 0.3) is 13.4 Å². The number of benzene rings is 9. The Kier molecular flexibility index (Phi) is 8.89. The molecule has 0 amide bonds. The Balaban J connectivity index is 1.07. The molecule has 9 aromatic rings. The molecular formula is C62H50B2N2O2. The fourth-order valence-electron chi connectivity index (χ4n) is 11.9.